The van der Waals surface area contributed by atoms with Gasteiger partial charge in [-0.25, -0.2) is 14.5 Å². The smallest absolute Gasteiger partial charge is 0.417 e. The molecule has 1 saturated heterocycles. The SMILES string of the molecule is C#CC1CC(C(=O)OC)N(C(=O)OC(C)(C)C)C1=O. The predicted octanol–water partition coefficient (Wildman–Crippen LogP) is 0.945. The quantitative estimate of drug-likeness (QED) is 0.522. The number of hydrogen-bond acceptors (Lipinski definition) is 5. The first-order valence-corrected chi connectivity index (χ1v) is 5.81. The highest BCUT2D eigenvalue weighted by Crippen LogP contribution is 2.27. The minimum atomic E-state index is -1.02. The maximum absolute atomic E-state index is 12.0. The third-order valence-electron chi connectivity index (χ3n) is 2.57. The molecule has 1 heterocycles. The van der Waals surface area contributed by atoms with E-state index in [-0.39, 0.29) is 6.42 Å². The van der Waals surface area contributed by atoms with Crippen LogP contribution in [0.15, 0.2) is 0 Å². The molecule has 0 aromatic heterocycles. The Bertz CT molecular complexity index is 443. The van der Waals surface area contributed by atoms with Crippen molar-refractivity contribution in [2.45, 2.75) is 38.8 Å². The van der Waals surface area contributed by atoms with Gasteiger partial charge in [-0.05, 0) is 20.8 Å². The molecule has 0 bridgehead atoms. The predicted molar refractivity (Wildman–Crippen MR) is 65.8 cm³/mol. The van der Waals surface area contributed by atoms with Crippen molar-refractivity contribution in [1.82, 2.24) is 4.90 Å². The van der Waals surface area contributed by atoms with Crippen LogP contribution in [0.25, 0.3) is 0 Å². The third-order valence-corrected chi connectivity index (χ3v) is 2.57. The van der Waals surface area contributed by atoms with Crippen LogP contribution < -0.4 is 0 Å². The summed E-state index contributed by atoms with van der Waals surface area (Å²) in [4.78, 5) is 36.3. The first-order valence-electron chi connectivity index (χ1n) is 5.81. The molecule has 1 rings (SSSR count). The lowest BCUT2D eigenvalue weighted by atomic mass is 10.1. The summed E-state index contributed by atoms with van der Waals surface area (Å²) >= 11 is 0. The summed E-state index contributed by atoms with van der Waals surface area (Å²) in [5.41, 5.74) is -0.772. The van der Waals surface area contributed by atoms with Crippen LogP contribution in [0.2, 0.25) is 0 Å². The van der Waals surface area contributed by atoms with Gasteiger partial charge in [0.15, 0.2) is 0 Å². The molecule has 2 unspecified atom stereocenters. The van der Waals surface area contributed by atoms with Gasteiger partial charge < -0.3 is 9.47 Å². The number of terminal acetylenes is 1. The topological polar surface area (TPSA) is 72.9 Å². The molecule has 6 nitrogen and oxygen atoms in total. The van der Waals surface area contributed by atoms with E-state index < -0.39 is 35.5 Å². The first kappa shape index (κ1) is 15.0. The summed E-state index contributed by atoms with van der Waals surface area (Å²) in [6, 6.07) is -1.02. The molecule has 1 aliphatic heterocycles. The van der Waals surface area contributed by atoms with Crippen molar-refractivity contribution in [3.05, 3.63) is 0 Å². The van der Waals surface area contributed by atoms with Crippen molar-refractivity contribution in [3.8, 4) is 12.3 Å². The lowest BCUT2D eigenvalue weighted by Crippen LogP contribution is -2.46. The van der Waals surface area contributed by atoms with Crippen LogP contribution in [0.4, 0.5) is 4.79 Å². The van der Waals surface area contributed by atoms with Gasteiger partial charge in [0.25, 0.3) is 0 Å². The number of amides is 2. The molecule has 1 fully saturated rings. The van der Waals surface area contributed by atoms with Gasteiger partial charge in [-0.1, -0.05) is 5.92 Å². The maximum atomic E-state index is 12.0. The molecule has 19 heavy (non-hydrogen) atoms. The maximum Gasteiger partial charge on any atom is 0.417 e. The largest absolute Gasteiger partial charge is 0.467 e. The number of carbonyl (C=O) groups is 3. The average Bonchev–Trinajstić information content (AvgIpc) is 2.63. The molecule has 2 amide bonds. The van der Waals surface area contributed by atoms with Crippen molar-refractivity contribution >= 4 is 18.0 Å². The van der Waals surface area contributed by atoms with E-state index in [9.17, 15) is 14.4 Å². The van der Waals surface area contributed by atoms with E-state index in [0.717, 1.165) is 4.90 Å². The molecular formula is C13H17NO5. The molecule has 0 aromatic carbocycles. The molecule has 6 heteroatoms. The van der Waals surface area contributed by atoms with Crippen LogP contribution in [0.3, 0.4) is 0 Å². The summed E-state index contributed by atoms with van der Waals surface area (Å²) < 4.78 is 9.68. The minimum Gasteiger partial charge on any atom is -0.467 e. The lowest BCUT2D eigenvalue weighted by Gasteiger charge is -2.26. The zero-order valence-corrected chi connectivity index (χ0v) is 11.4. The van der Waals surface area contributed by atoms with Crippen molar-refractivity contribution < 1.29 is 23.9 Å². The zero-order chi connectivity index (χ0) is 14.8. The first-order chi connectivity index (χ1) is 8.71. The highest BCUT2D eigenvalue weighted by atomic mass is 16.6. The van der Waals surface area contributed by atoms with Crippen molar-refractivity contribution in [2.75, 3.05) is 7.11 Å². The number of likely N-dealkylation sites (tertiary alicyclic amines) is 1. The van der Waals surface area contributed by atoms with Crippen LogP contribution >= 0.6 is 0 Å². The Morgan fingerprint density at radius 1 is 1.42 bits per heavy atom. The summed E-state index contributed by atoms with van der Waals surface area (Å²) in [6.07, 6.45) is 4.39. The van der Waals surface area contributed by atoms with Crippen LogP contribution in [0.1, 0.15) is 27.2 Å². The summed E-state index contributed by atoms with van der Waals surface area (Å²) in [6.45, 7) is 4.99. The van der Waals surface area contributed by atoms with Crippen molar-refractivity contribution in [2.24, 2.45) is 5.92 Å². The van der Waals surface area contributed by atoms with Gasteiger partial charge in [-0.3, -0.25) is 4.79 Å². The molecule has 0 radical (unpaired) electrons. The Morgan fingerprint density at radius 3 is 2.42 bits per heavy atom. The summed E-state index contributed by atoms with van der Waals surface area (Å²) in [5, 5.41) is 0. The highest BCUT2D eigenvalue weighted by Gasteiger charge is 2.48. The molecule has 104 valence electrons. The molecular weight excluding hydrogens is 250 g/mol. The average molecular weight is 267 g/mol. The second kappa shape index (κ2) is 5.31. The van der Waals surface area contributed by atoms with Crippen LogP contribution in [-0.4, -0.2) is 41.6 Å². The fraction of sp³-hybridized carbons (Fsp3) is 0.615. The second-order valence-corrected chi connectivity index (χ2v) is 5.18. The number of methoxy groups -OCH3 is 1. The van der Waals surface area contributed by atoms with E-state index in [2.05, 4.69) is 10.7 Å². The van der Waals surface area contributed by atoms with Gasteiger partial charge in [0.05, 0.1) is 7.11 Å². The van der Waals surface area contributed by atoms with E-state index in [4.69, 9.17) is 11.2 Å². The van der Waals surface area contributed by atoms with Gasteiger partial charge in [0, 0.05) is 6.42 Å². The monoisotopic (exact) mass is 267 g/mol. The fourth-order valence-corrected chi connectivity index (χ4v) is 1.76. The Kier molecular flexibility index (Phi) is 4.20. The van der Waals surface area contributed by atoms with E-state index in [0.29, 0.717) is 0 Å². The number of rotatable bonds is 1. The van der Waals surface area contributed by atoms with Crippen molar-refractivity contribution in [3.63, 3.8) is 0 Å². The fourth-order valence-electron chi connectivity index (χ4n) is 1.76. The summed E-state index contributed by atoms with van der Waals surface area (Å²) in [7, 11) is 1.18. The molecule has 0 spiro atoms. The van der Waals surface area contributed by atoms with Crippen molar-refractivity contribution in [1.29, 1.82) is 0 Å². The van der Waals surface area contributed by atoms with Gasteiger partial charge >= 0.3 is 12.1 Å². The Hall–Kier alpha value is -2.03. The molecule has 0 saturated carbocycles. The highest BCUT2D eigenvalue weighted by molar-refractivity contribution is 6.01. The normalized spacial score (nSPS) is 22.9. The number of hydrogen-bond donors (Lipinski definition) is 0. The molecule has 0 aromatic rings. The number of ether oxygens (including phenoxy) is 2. The van der Waals surface area contributed by atoms with Gasteiger partial charge in [-0.2, -0.15) is 0 Å². The van der Waals surface area contributed by atoms with Crippen LogP contribution in [-0.2, 0) is 19.1 Å². The van der Waals surface area contributed by atoms with E-state index in [1.165, 1.54) is 7.11 Å². The molecule has 2 atom stereocenters. The molecule has 1 aliphatic rings. The lowest BCUT2D eigenvalue weighted by molar-refractivity contribution is -0.148. The van der Waals surface area contributed by atoms with E-state index in [1.54, 1.807) is 20.8 Å². The van der Waals surface area contributed by atoms with Gasteiger partial charge in [-0.15, -0.1) is 6.42 Å². The summed E-state index contributed by atoms with van der Waals surface area (Å²) in [5.74, 6) is 0.167. The molecule has 0 N–H and O–H groups in total. The van der Waals surface area contributed by atoms with Crippen LogP contribution in [0.5, 0.6) is 0 Å². The molecule has 0 aliphatic carbocycles. The Morgan fingerprint density at radius 2 is 2.00 bits per heavy atom. The van der Waals surface area contributed by atoms with Gasteiger partial charge in [0.1, 0.15) is 17.6 Å². The number of nitrogens with zero attached hydrogens (tertiary/aromatic N) is 1. The number of carbonyl (C=O) groups excluding carboxylic acids is 3. The van der Waals surface area contributed by atoms with Gasteiger partial charge in [0.2, 0.25) is 5.91 Å². The van der Waals surface area contributed by atoms with E-state index >= 15 is 0 Å². The zero-order valence-electron chi connectivity index (χ0n) is 11.4. The standard InChI is InChI=1S/C13H17NO5/c1-6-8-7-9(11(16)18-5)14(10(8)15)12(17)19-13(2,3)4/h1,8-9H,7H2,2-5H3. The Labute approximate surface area is 112 Å². The number of esters is 1. The van der Waals surface area contributed by atoms with E-state index in [1.807, 2.05) is 0 Å². The third kappa shape index (κ3) is 3.25. The minimum absolute atomic E-state index is 0.0568. The van der Waals surface area contributed by atoms with Crippen LogP contribution in [0, 0.1) is 18.3 Å². The second-order valence-electron chi connectivity index (χ2n) is 5.18. The Balaban J connectivity index is 2.99. The number of imide groups is 1.